The van der Waals surface area contributed by atoms with Gasteiger partial charge in [0.1, 0.15) is 0 Å². The molecule has 2 aromatic rings. The number of hydrogen-bond donors (Lipinski definition) is 0. The molecule has 0 fully saturated rings. The Morgan fingerprint density at radius 1 is 0.460 bits per heavy atom. The van der Waals surface area contributed by atoms with E-state index < -0.39 is 0 Å². The third-order valence-corrected chi connectivity index (χ3v) is 9.21. The van der Waals surface area contributed by atoms with Gasteiger partial charge in [-0.25, -0.2) is 4.70 Å². The fourth-order valence-corrected chi connectivity index (χ4v) is 6.61. The average molecular weight is 730 g/mol. The van der Waals surface area contributed by atoms with Gasteiger partial charge in [0.05, 0.1) is 0 Å². The topological polar surface area (TPSA) is 53.5 Å². The molecule has 0 aliphatic carbocycles. The van der Waals surface area contributed by atoms with Gasteiger partial charge in [0.2, 0.25) is 11.4 Å². The Bertz CT molecular complexity index is 1210. The van der Waals surface area contributed by atoms with Crippen LogP contribution in [0.3, 0.4) is 0 Å². The minimum Gasteiger partial charge on any atom is -0.668 e. The summed E-state index contributed by atoms with van der Waals surface area (Å²) < 4.78 is 1.57. The second kappa shape index (κ2) is 31.7. The van der Waals surface area contributed by atoms with Crippen LogP contribution in [0.1, 0.15) is 172 Å². The van der Waals surface area contributed by atoms with Gasteiger partial charge in [-0.15, -0.1) is 0 Å². The Morgan fingerprint density at radius 2 is 0.780 bits per heavy atom. The maximum Gasteiger partial charge on any atom is 2.00 e. The van der Waals surface area contributed by atoms with E-state index in [-0.39, 0.29) is 16.5 Å². The van der Waals surface area contributed by atoms with Crippen molar-refractivity contribution in [1.82, 2.24) is 0 Å². The van der Waals surface area contributed by atoms with E-state index in [1.807, 2.05) is 0 Å². The molecule has 0 unspecified atom stereocenters. The molecule has 0 amide bonds. The molecular weight excluding hydrogens is 655 g/mol. The van der Waals surface area contributed by atoms with Gasteiger partial charge in [-0.3, -0.25) is 0 Å². The van der Waals surface area contributed by atoms with Gasteiger partial charge in [-0.1, -0.05) is 135 Å². The summed E-state index contributed by atoms with van der Waals surface area (Å²) >= 11 is 0. The normalized spacial score (nSPS) is 12.4. The first-order chi connectivity index (χ1) is 24.0. The van der Waals surface area contributed by atoms with Crippen LogP contribution in [0.25, 0.3) is 27.6 Å². The van der Waals surface area contributed by atoms with Crippen molar-refractivity contribution in [3.8, 4) is 0 Å². The standard InChI is InChI=1S/C41H62N2.2C2H6N.Ni/c1-5-9-13-14-15-16-17-18-19-20-21-25-35-27-23-29-37(33-35)41-39(31-12-8-4)38(30-11-7-3)40(43(41)42)36-28-22-26-34(32-36)24-10-6-2;2*1-3-2;/h22-23,26-29,32-33H,5-21,24-25,30-31H2,1-4H3;2*1-2H3;/q;2*-1;+2. The van der Waals surface area contributed by atoms with Crippen LogP contribution >= 0.6 is 0 Å². The molecule has 0 radical (unpaired) electrons. The summed E-state index contributed by atoms with van der Waals surface area (Å²) in [7, 11) is 7.00. The van der Waals surface area contributed by atoms with Crippen LogP contribution in [0, 0.1) is 0 Å². The first-order valence-corrected chi connectivity index (χ1v) is 20.1. The van der Waals surface area contributed by atoms with Crippen molar-refractivity contribution in [2.45, 2.75) is 163 Å². The van der Waals surface area contributed by atoms with E-state index in [1.165, 1.54) is 111 Å². The van der Waals surface area contributed by atoms with E-state index in [9.17, 15) is 5.53 Å². The van der Waals surface area contributed by atoms with Gasteiger partial charge in [0.15, 0.2) is 0 Å². The zero-order chi connectivity index (χ0) is 36.1. The van der Waals surface area contributed by atoms with E-state index in [0.717, 1.165) is 68.3 Å². The molecule has 2 aromatic carbocycles. The summed E-state index contributed by atoms with van der Waals surface area (Å²) in [4.78, 5) is 0. The molecule has 0 spiro atoms. The Kier molecular flexibility index (Phi) is 30.3. The van der Waals surface area contributed by atoms with E-state index in [1.54, 1.807) is 32.9 Å². The molecule has 1 aliphatic rings. The molecule has 5 heteroatoms. The van der Waals surface area contributed by atoms with Crippen LogP contribution in [0.2, 0.25) is 0 Å². The Balaban J connectivity index is 0.00000319. The number of allylic oxidation sites excluding steroid dienone is 2. The predicted octanol–water partition coefficient (Wildman–Crippen LogP) is 14.7. The first kappa shape index (κ1) is 47.9. The fraction of sp³-hybridized carbons (Fsp3) is 0.644. The molecule has 3 rings (SSSR count). The van der Waals surface area contributed by atoms with Crippen molar-refractivity contribution < 1.29 is 21.2 Å². The molecule has 50 heavy (non-hydrogen) atoms. The van der Waals surface area contributed by atoms with Gasteiger partial charge in [-0.05, 0) is 86.8 Å². The summed E-state index contributed by atoms with van der Waals surface area (Å²) in [6.07, 6.45) is 26.4. The minimum atomic E-state index is 0. The van der Waals surface area contributed by atoms with Crippen LogP contribution in [-0.2, 0) is 29.3 Å². The number of rotatable bonds is 23. The molecule has 0 saturated carbocycles. The van der Waals surface area contributed by atoms with Crippen molar-refractivity contribution in [3.05, 3.63) is 98.1 Å². The van der Waals surface area contributed by atoms with Crippen LogP contribution in [0.15, 0.2) is 59.7 Å². The zero-order valence-electron chi connectivity index (χ0n) is 33.6. The Morgan fingerprint density at radius 3 is 1.16 bits per heavy atom. The molecular formula is C45H74N4Ni. The molecule has 0 aromatic heterocycles. The summed E-state index contributed by atoms with van der Waals surface area (Å²) in [5.41, 5.74) is 21.8. The molecule has 0 saturated heterocycles. The van der Waals surface area contributed by atoms with E-state index >= 15 is 0 Å². The molecule has 284 valence electrons. The molecule has 1 aliphatic heterocycles. The summed E-state index contributed by atoms with van der Waals surface area (Å²) in [6, 6.07) is 18.0. The number of unbranched alkanes of at least 4 members (excludes halogenated alkanes) is 13. The quantitative estimate of drug-likeness (QED) is 0.0621. The molecule has 0 N–H and O–H groups in total. The van der Waals surface area contributed by atoms with Crippen LogP contribution < -0.4 is 0 Å². The maximum absolute atomic E-state index is 11.9. The molecule has 0 bridgehead atoms. The number of nitrogens with zero attached hydrogens (tertiary/aromatic N) is 4. The van der Waals surface area contributed by atoms with Crippen LogP contribution in [0.5, 0.6) is 0 Å². The fourth-order valence-electron chi connectivity index (χ4n) is 6.61. The number of aryl methyl sites for hydroxylation is 2. The number of hydrogen-bond acceptors (Lipinski definition) is 0. The minimum absolute atomic E-state index is 0. The summed E-state index contributed by atoms with van der Waals surface area (Å²) in [5, 5.41) is 7.00. The van der Waals surface area contributed by atoms with Crippen molar-refractivity contribution in [2.24, 2.45) is 0 Å². The van der Waals surface area contributed by atoms with Crippen molar-refractivity contribution in [3.63, 3.8) is 0 Å². The zero-order valence-corrected chi connectivity index (χ0v) is 34.6. The Labute approximate surface area is 320 Å². The first-order valence-electron chi connectivity index (χ1n) is 20.1. The maximum atomic E-state index is 11.9. The second-order valence-electron chi connectivity index (χ2n) is 13.9. The molecule has 0 atom stereocenters. The van der Waals surface area contributed by atoms with E-state index in [2.05, 4.69) is 86.9 Å². The molecule has 1 heterocycles. The Hall–Kier alpha value is -2.07. The van der Waals surface area contributed by atoms with Gasteiger partial charge in [0.25, 0.3) is 0 Å². The van der Waals surface area contributed by atoms with Crippen molar-refractivity contribution in [2.75, 3.05) is 28.2 Å². The summed E-state index contributed by atoms with van der Waals surface area (Å²) in [5.74, 6) is 0. The van der Waals surface area contributed by atoms with Gasteiger partial charge in [-0.2, -0.15) is 28.2 Å². The number of benzene rings is 2. The SMILES string of the molecule is CCCCCCCCCCCCCc1cccc(C2=C(CCCC)C(CCCC)=C(c3cccc(CCCC)c3)[N+]2=[N-])c1.C[N-]C.C[N-]C.[Ni+2]. The van der Waals surface area contributed by atoms with E-state index in [0.29, 0.717) is 0 Å². The van der Waals surface area contributed by atoms with Crippen LogP contribution in [-0.4, -0.2) is 32.9 Å². The largest absolute Gasteiger partial charge is 2.00 e. The van der Waals surface area contributed by atoms with Crippen molar-refractivity contribution in [1.29, 1.82) is 0 Å². The van der Waals surface area contributed by atoms with Gasteiger partial charge in [0, 0.05) is 22.3 Å². The smallest absolute Gasteiger partial charge is 0.668 e. The monoisotopic (exact) mass is 729 g/mol. The third kappa shape index (κ3) is 18.4. The van der Waals surface area contributed by atoms with Gasteiger partial charge >= 0.3 is 16.5 Å². The van der Waals surface area contributed by atoms with Crippen molar-refractivity contribution >= 4 is 11.4 Å². The summed E-state index contributed by atoms with van der Waals surface area (Å²) in [6.45, 7) is 9.09. The van der Waals surface area contributed by atoms with E-state index in [4.69, 9.17) is 0 Å². The average Bonchev–Trinajstić information content (AvgIpc) is 3.39. The third-order valence-electron chi connectivity index (χ3n) is 9.21. The van der Waals surface area contributed by atoms with Crippen LogP contribution in [0.4, 0.5) is 0 Å². The second-order valence-corrected chi connectivity index (χ2v) is 13.9. The predicted molar refractivity (Wildman–Crippen MR) is 219 cm³/mol. The molecule has 4 nitrogen and oxygen atoms in total. The van der Waals surface area contributed by atoms with Gasteiger partial charge < -0.3 is 16.2 Å².